The van der Waals surface area contributed by atoms with Crippen LogP contribution in [0.5, 0.6) is 0 Å². The van der Waals surface area contributed by atoms with Gasteiger partial charge in [-0.05, 0) is 0 Å². The molecular formula is AlCaCeO4P+5. The summed E-state index contributed by atoms with van der Waals surface area (Å²) in [5, 5.41) is 0. The molecule has 0 amide bonds. The molecule has 0 aromatic rings. The first-order valence-electron chi connectivity index (χ1n) is 0.730. The Bertz CT molecular complexity index is 62.2. The molecule has 0 saturated carbocycles. The van der Waals surface area contributed by atoms with Crippen molar-refractivity contribution in [2.24, 2.45) is 0 Å². The Balaban J connectivity index is -0.0000000267. The molecule has 0 bridgehead atoms. The minimum Gasteiger partial charge on any atom is -0.822 e. The van der Waals surface area contributed by atoms with Crippen molar-refractivity contribution in [3.8, 4) is 0 Å². The number of rotatable bonds is 0. The zero-order valence-electron chi connectivity index (χ0n) is 3.86. The summed E-state index contributed by atoms with van der Waals surface area (Å²) in [4.78, 5) is 25.6. The number of hydrogen-bond donors (Lipinski definition) is 0. The van der Waals surface area contributed by atoms with E-state index in [0.717, 1.165) is 0 Å². The van der Waals surface area contributed by atoms with E-state index in [2.05, 4.69) is 0 Å². The summed E-state index contributed by atoms with van der Waals surface area (Å²) in [6, 6.07) is 0. The summed E-state index contributed by atoms with van der Waals surface area (Å²) in [6.45, 7) is 0. The molecule has 4 nitrogen and oxygen atoms in total. The second-order valence-electron chi connectivity index (χ2n) is 0.447. The van der Waals surface area contributed by atoms with Crippen molar-refractivity contribution in [1.29, 1.82) is 0 Å². The molecule has 0 aromatic heterocycles. The molecule has 0 aliphatic carbocycles. The van der Waals surface area contributed by atoms with E-state index >= 15 is 0 Å². The van der Waals surface area contributed by atoms with Gasteiger partial charge in [0.25, 0.3) is 0 Å². The summed E-state index contributed by atoms with van der Waals surface area (Å²) in [6.07, 6.45) is 0. The van der Waals surface area contributed by atoms with E-state index in [-0.39, 0.29) is 96.8 Å². The van der Waals surface area contributed by atoms with Crippen LogP contribution in [0.2, 0.25) is 0 Å². The van der Waals surface area contributed by atoms with Gasteiger partial charge in [0, 0.05) is 0 Å². The molecule has 0 atom stereocenters. The quantitative estimate of drug-likeness (QED) is 0.342. The third kappa shape index (κ3) is 59.2. The van der Waals surface area contributed by atoms with Gasteiger partial charge in [-0.25, -0.2) is 0 Å². The van der Waals surface area contributed by atoms with Gasteiger partial charge in [0.05, 0.1) is 0 Å². The monoisotopic (exact) mass is 302 g/mol. The Morgan fingerprint density at radius 3 is 1.12 bits per heavy atom. The molecule has 0 aromatic carbocycles. The molecular weight excluding hydrogens is 302 g/mol. The average Bonchev–Trinajstić information content (AvgIpc) is 0.722. The summed E-state index contributed by atoms with van der Waals surface area (Å²) >= 11 is 0. The molecule has 0 heterocycles. The maximum absolute atomic E-state index is 8.55. The summed E-state index contributed by atoms with van der Waals surface area (Å²) in [5.41, 5.74) is 0. The van der Waals surface area contributed by atoms with Gasteiger partial charge in [0.2, 0.25) is 0 Å². The van der Waals surface area contributed by atoms with Crippen molar-refractivity contribution >= 4 is 62.9 Å². The van der Waals surface area contributed by atoms with E-state index in [0.29, 0.717) is 0 Å². The predicted octanol–water partition coefficient (Wildman–Crippen LogP) is -3.59. The summed E-state index contributed by atoms with van der Waals surface area (Å²) in [5.74, 6) is 0. The van der Waals surface area contributed by atoms with Crippen molar-refractivity contribution in [2.45, 2.75) is 0 Å². The van der Waals surface area contributed by atoms with E-state index in [1.165, 1.54) is 0 Å². The first-order chi connectivity index (χ1) is 2.00. The molecule has 1 radical (unpaired) electrons. The minimum atomic E-state index is -5.39. The molecule has 0 aliphatic heterocycles. The van der Waals surface area contributed by atoms with E-state index in [4.69, 9.17) is 19.2 Å². The Morgan fingerprint density at radius 1 is 1.12 bits per heavy atom. The first kappa shape index (κ1) is 22.5. The Hall–Kier alpha value is 3.28. The second kappa shape index (κ2) is 10.3. The second-order valence-corrected chi connectivity index (χ2v) is 1.34. The van der Waals surface area contributed by atoms with E-state index in [1.54, 1.807) is 0 Å². The van der Waals surface area contributed by atoms with Crippen LogP contribution >= 0.6 is 7.82 Å². The van der Waals surface area contributed by atoms with E-state index in [9.17, 15) is 0 Å². The molecule has 0 fully saturated rings. The Morgan fingerprint density at radius 2 is 1.12 bits per heavy atom. The van der Waals surface area contributed by atoms with Gasteiger partial charge in [-0.2, -0.15) is 7.82 Å². The normalized spacial score (nSPS) is 7.38. The fraction of sp³-hybridized carbons (Fsp3) is 0. The largest absolute Gasteiger partial charge is 3.00 e. The molecule has 0 aliphatic rings. The van der Waals surface area contributed by atoms with Gasteiger partial charge in [-0.3, -0.25) is 0 Å². The van der Waals surface area contributed by atoms with Gasteiger partial charge in [-0.15, -0.1) is 0 Å². The van der Waals surface area contributed by atoms with Crippen LogP contribution in [0.25, 0.3) is 0 Å². The van der Waals surface area contributed by atoms with Crippen LogP contribution in [-0.4, -0.2) is 55.1 Å². The van der Waals surface area contributed by atoms with Crippen molar-refractivity contribution in [2.75, 3.05) is 0 Å². The molecule has 0 unspecified atom stereocenters. The fourth-order valence-electron chi connectivity index (χ4n) is 0. The third-order valence-corrected chi connectivity index (χ3v) is 0. The maximum Gasteiger partial charge on any atom is 3.00 e. The zero-order chi connectivity index (χ0) is 4.50. The van der Waals surface area contributed by atoms with Gasteiger partial charge < -0.3 is 19.2 Å². The number of hydrogen-bond acceptors (Lipinski definition) is 4. The van der Waals surface area contributed by atoms with Crippen LogP contribution < -0.4 is 14.7 Å². The van der Waals surface area contributed by atoms with Gasteiger partial charge in [0.15, 0.2) is 0 Å². The maximum atomic E-state index is 8.55. The average molecular weight is 302 g/mol. The van der Waals surface area contributed by atoms with Crippen LogP contribution in [0.4, 0.5) is 0 Å². The zero-order valence-corrected chi connectivity index (χ0v) is 11.3. The minimum absolute atomic E-state index is 0. The third-order valence-electron chi connectivity index (χ3n) is 0. The molecule has 0 rings (SSSR count). The van der Waals surface area contributed by atoms with E-state index in [1.807, 2.05) is 0 Å². The standard InChI is InChI=1S/Al.Ca.Ce.H3O4P/c;;;1-5(2,3)4/h;;;(H3,1,2,3,4)/q+3;+2;+3;/p-3. The van der Waals surface area contributed by atoms with E-state index < -0.39 is 7.82 Å². The molecule has 0 N–H and O–H groups in total. The molecule has 0 saturated heterocycles. The van der Waals surface area contributed by atoms with Crippen molar-refractivity contribution in [1.82, 2.24) is 0 Å². The van der Waals surface area contributed by atoms with Crippen LogP contribution in [-0.2, 0) is 4.57 Å². The van der Waals surface area contributed by atoms with Crippen LogP contribution in [0.3, 0.4) is 0 Å². The topological polar surface area (TPSA) is 86.2 Å². The first-order valence-corrected chi connectivity index (χ1v) is 2.19. The molecule has 33 valence electrons. The van der Waals surface area contributed by atoms with Crippen LogP contribution in [0.1, 0.15) is 0 Å². The van der Waals surface area contributed by atoms with Crippen molar-refractivity contribution < 1.29 is 61.0 Å². The van der Waals surface area contributed by atoms with Gasteiger partial charge in [-0.1, -0.05) is 0 Å². The van der Waals surface area contributed by atoms with Crippen molar-refractivity contribution in [3.05, 3.63) is 0 Å². The smallest absolute Gasteiger partial charge is 0.822 e. The Labute approximate surface area is 121 Å². The predicted molar refractivity (Wildman–Crippen MR) is 19.1 cm³/mol. The Kier molecular flexibility index (Phi) is 28.9. The van der Waals surface area contributed by atoms with Crippen LogP contribution in [0, 0.1) is 41.7 Å². The summed E-state index contributed by atoms with van der Waals surface area (Å²) < 4.78 is 8.55. The van der Waals surface area contributed by atoms with Crippen LogP contribution in [0.15, 0.2) is 0 Å². The molecule has 8 heteroatoms. The molecule has 8 heavy (non-hydrogen) atoms. The van der Waals surface area contributed by atoms with Crippen molar-refractivity contribution in [3.63, 3.8) is 0 Å². The fourth-order valence-corrected chi connectivity index (χ4v) is 0. The molecule has 0 spiro atoms. The van der Waals surface area contributed by atoms with Gasteiger partial charge in [0.1, 0.15) is 0 Å². The number of phosphoric acid groups is 1. The SMILES string of the molecule is O=P([O-])([O-])[O-].[Al+3].[Ca+2].[Ce+3]. The van der Waals surface area contributed by atoms with Gasteiger partial charge >= 0.3 is 96.8 Å². The summed E-state index contributed by atoms with van der Waals surface area (Å²) in [7, 11) is -5.39.